The number of aromatic nitrogens is 3. The summed E-state index contributed by atoms with van der Waals surface area (Å²) in [6, 6.07) is 0. The molecule has 0 aromatic carbocycles. The molecule has 0 radical (unpaired) electrons. The Morgan fingerprint density at radius 3 is 2.86 bits per heavy atom. The van der Waals surface area contributed by atoms with E-state index in [1.807, 2.05) is 13.8 Å². The monoisotopic (exact) mass is 295 g/mol. The van der Waals surface area contributed by atoms with E-state index in [9.17, 15) is 13.6 Å². The zero-order chi connectivity index (χ0) is 15.4. The number of fused-ring (bicyclic) bond motifs is 3. The topological polar surface area (TPSA) is 56.5 Å². The van der Waals surface area contributed by atoms with E-state index >= 15 is 0 Å². The van der Waals surface area contributed by atoms with E-state index in [0.29, 0.717) is 17.6 Å². The molecule has 0 N–H and O–H groups in total. The minimum absolute atomic E-state index is 0.312. The Morgan fingerprint density at radius 1 is 1.52 bits per heavy atom. The predicted octanol–water partition coefficient (Wildman–Crippen LogP) is 2.60. The summed E-state index contributed by atoms with van der Waals surface area (Å²) >= 11 is 0. The molecule has 21 heavy (non-hydrogen) atoms. The Balaban J connectivity index is 2.24. The van der Waals surface area contributed by atoms with Gasteiger partial charge in [0.15, 0.2) is 5.65 Å². The number of ether oxygens (including phenoxy) is 1. The van der Waals surface area contributed by atoms with E-state index in [0.717, 1.165) is 5.56 Å². The third-order valence-electron chi connectivity index (χ3n) is 4.02. The molecule has 0 aliphatic heterocycles. The third kappa shape index (κ3) is 1.99. The molecule has 3 rings (SSSR count). The standard InChI is InChI=1S/C14H15F2N3O2/c1-14(2)4-7(13(20)21-3)8-5-17-19-6-9(11(15)16)18-12(19)10(8)14/h5-7,11H,4H2,1-3H3. The second-order valence-corrected chi connectivity index (χ2v) is 5.87. The highest BCUT2D eigenvalue weighted by molar-refractivity contribution is 5.81. The molecule has 2 aromatic rings. The lowest BCUT2D eigenvalue weighted by Gasteiger charge is -2.19. The Morgan fingerprint density at radius 2 is 2.24 bits per heavy atom. The molecule has 0 saturated carbocycles. The fraction of sp³-hybridized carbons (Fsp3) is 0.500. The van der Waals surface area contributed by atoms with Crippen LogP contribution in [-0.2, 0) is 14.9 Å². The number of nitrogens with zero attached hydrogens (tertiary/aromatic N) is 3. The first-order valence-corrected chi connectivity index (χ1v) is 6.60. The van der Waals surface area contributed by atoms with Gasteiger partial charge >= 0.3 is 5.97 Å². The molecule has 0 saturated heterocycles. The quantitative estimate of drug-likeness (QED) is 0.799. The highest BCUT2D eigenvalue weighted by Gasteiger charge is 2.43. The van der Waals surface area contributed by atoms with Gasteiger partial charge in [-0.15, -0.1) is 0 Å². The number of hydrogen-bond acceptors (Lipinski definition) is 4. The van der Waals surface area contributed by atoms with Crippen LogP contribution in [0.15, 0.2) is 12.4 Å². The average molecular weight is 295 g/mol. The number of alkyl halides is 2. The lowest BCUT2D eigenvalue weighted by atomic mass is 9.86. The normalized spacial score (nSPS) is 20.0. The van der Waals surface area contributed by atoms with E-state index in [1.54, 1.807) is 6.20 Å². The molecule has 1 atom stereocenters. The molecule has 112 valence electrons. The summed E-state index contributed by atoms with van der Waals surface area (Å²) in [5.41, 5.74) is 1.22. The first-order valence-electron chi connectivity index (χ1n) is 6.60. The van der Waals surface area contributed by atoms with Crippen LogP contribution in [0.1, 0.15) is 49.4 Å². The Bertz CT molecular complexity index is 724. The van der Waals surface area contributed by atoms with Crippen molar-refractivity contribution in [2.75, 3.05) is 7.11 Å². The highest BCUT2D eigenvalue weighted by Crippen LogP contribution is 2.47. The highest BCUT2D eigenvalue weighted by atomic mass is 19.3. The summed E-state index contributed by atoms with van der Waals surface area (Å²) in [6.45, 7) is 3.93. The van der Waals surface area contributed by atoms with Crippen molar-refractivity contribution in [1.29, 1.82) is 0 Å². The third-order valence-corrected chi connectivity index (χ3v) is 4.02. The summed E-state index contributed by atoms with van der Waals surface area (Å²) in [5.74, 6) is -0.766. The van der Waals surface area contributed by atoms with Gasteiger partial charge in [-0.3, -0.25) is 4.79 Å². The summed E-state index contributed by atoms with van der Waals surface area (Å²) in [4.78, 5) is 15.9. The van der Waals surface area contributed by atoms with Crippen molar-refractivity contribution in [1.82, 2.24) is 14.6 Å². The van der Waals surface area contributed by atoms with Crippen LogP contribution in [-0.4, -0.2) is 27.7 Å². The summed E-state index contributed by atoms with van der Waals surface area (Å²) in [6.07, 6.45) is 0.674. The van der Waals surface area contributed by atoms with Crippen molar-refractivity contribution in [3.8, 4) is 0 Å². The molecular weight excluding hydrogens is 280 g/mol. The first kappa shape index (κ1) is 13.9. The molecule has 0 amide bonds. The van der Waals surface area contributed by atoms with Crippen molar-refractivity contribution in [2.45, 2.75) is 38.0 Å². The van der Waals surface area contributed by atoms with E-state index in [2.05, 4.69) is 10.1 Å². The molecule has 2 aromatic heterocycles. The lowest BCUT2D eigenvalue weighted by Crippen LogP contribution is -2.16. The largest absolute Gasteiger partial charge is 0.469 e. The summed E-state index contributed by atoms with van der Waals surface area (Å²) < 4.78 is 31.8. The number of methoxy groups -OCH3 is 1. The van der Waals surface area contributed by atoms with Crippen LogP contribution in [0.2, 0.25) is 0 Å². The van der Waals surface area contributed by atoms with Crippen LogP contribution in [0.25, 0.3) is 5.65 Å². The van der Waals surface area contributed by atoms with Gasteiger partial charge in [-0.1, -0.05) is 13.8 Å². The maximum Gasteiger partial charge on any atom is 0.313 e. The zero-order valence-corrected chi connectivity index (χ0v) is 11.9. The molecule has 2 heterocycles. The van der Waals surface area contributed by atoms with Crippen LogP contribution >= 0.6 is 0 Å². The van der Waals surface area contributed by atoms with Crippen molar-refractivity contribution in [2.24, 2.45) is 0 Å². The number of esters is 1. The van der Waals surface area contributed by atoms with Gasteiger partial charge in [0.25, 0.3) is 6.43 Å². The molecule has 0 bridgehead atoms. The van der Waals surface area contributed by atoms with Gasteiger partial charge in [-0.2, -0.15) is 5.10 Å². The number of carbonyl (C=O) groups is 1. The first-order chi connectivity index (χ1) is 9.85. The number of carbonyl (C=O) groups excluding carboxylic acids is 1. The molecule has 1 aliphatic carbocycles. The Hall–Kier alpha value is -2.05. The number of hydrogen-bond donors (Lipinski definition) is 0. The second-order valence-electron chi connectivity index (χ2n) is 5.87. The van der Waals surface area contributed by atoms with Crippen molar-refractivity contribution < 1.29 is 18.3 Å². The number of halogens is 2. The zero-order valence-electron chi connectivity index (χ0n) is 11.9. The molecule has 0 fully saturated rings. The van der Waals surface area contributed by atoms with Crippen molar-refractivity contribution >= 4 is 11.6 Å². The van der Waals surface area contributed by atoms with Gasteiger partial charge in [0.2, 0.25) is 0 Å². The van der Waals surface area contributed by atoms with Gasteiger partial charge in [0, 0.05) is 5.56 Å². The minimum atomic E-state index is -2.65. The lowest BCUT2D eigenvalue weighted by molar-refractivity contribution is -0.142. The Kier molecular flexibility index (Phi) is 2.96. The Labute approximate surface area is 119 Å². The molecule has 1 unspecified atom stereocenters. The fourth-order valence-corrected chi connectivity index (χ4v) is 3.10. The van der Waals surface area contributed by atoms with E-state index < -0.39 is 12.3 Å². The van der Waals surface area contributed by atoms with Gasteiger partial charge in [-0.05, 0) is 17.4 Å². The fourth-order valence-electron chi connectivity index (χ4n) is 3.10. The molecular formula is C14H15F2N3O2. The second kappa shape index (κ2) is 4.47. The van der Waals surface area contributed by atoms with E-state index in [-0.39, 0.29) is 17.1 Å². The minimum Gasteiger partial charge on any atom is -0.469 e. The molecule has 0 spiro atoms. The SMILES string of the molecule is COC(=O)C1CC(C)(C)c2c1cnn1cc(C(F)F)nc21. The summed E-state index contributed by atoms with van der Waals surface area (Å²) in [5, 5.41) is 4.10. The van der Waals surface area contributed by atoms with Crippen LogP contribution in [0.4, 0.5) is 8.78 Å². The van der Waals surface area contributed by atoms with Crippen LogP contribution in [0.3, 0.4) is 0 Å². The van der Waals surface area contributed by atoms with Crippen LogP contribution in [0.5, 0.6) is 0 Å². The van der Waals surface area contributed by atoms with Crippen LogP contribution < -0.4 is 0 Å². The predicted molar refractivity (Wildman–Crippen MR) is 70.3 cm³/mol. The van der Waals surface area contributed by atoms with E-state index in [1.165, 1.54) is 17.8 Å². The van der Waals surface area contributed by atoms with Gasteiger partial charge in [0.1, 0.15) is 5.69 Å². The smallest absolute Gasteiger partial charge is 0.313 e. The molecule has 7 heteroatoms. The van der Waals surface area contributed by atoms with Crippen LogP contribution in [0, 0.1) is 0 Å². The average Bonchev–Trinajstić information content (AvgIpc) is 2.96. The molecule has 1 aliphatic rings. The number of rotatable bonds is 2. The van der Waals surface area contributed by atoms with E-state index in [4.69, 9.17) is 4.74 Å². The maximum absolute atomic E-state index is 12.8. The number of imidazole rings is 1. The van der Waals surface area contributed by atoms with Gasteiger partial charge in [0.05, 0.1) is 25.4 Å². The summed E-state index contributed by atoms with van der Waals surface area (Å²) in [7, 11) is 1.34. The van der Waals surface area contributed by atoms with Crippen molar-refractivity contribution in [3.63, 3.8) is 0 Å². The van der Waals surface area contributed by atoms with Gasteiger partial charge in [-0.25, -0.2) is 18.3 Å². The molecule has 5 nitrogen and oxygen atoms in total. The maximum atomic E-state index is 12.8. The van der Waals surface area contributed by atoms with Crippen molar-refractivity contribution in [3.05, 3.63) is 29.2 Å². The van der Waals surface area contributed by atoms with Gasteiger partial charge < -0.3 is 4.74 Å².